The van der Waals surface area contributed by atoms with E-state index in [2.05, 4.69) is 0 Å². The zero-order valence-corrected chi connectivity index (χ0v) is 11.8. The third-order valence-electron chi connectivity index (χ3n) is 2.56. The van der Waals surface area contributed by atoms with Gasteiger partial charge in [-0.3, -0.25) is 9.59 Å². The second-order valence-electron chi connectivity index (χ2n) is 4.20. The largest absolute Gasteiger partial charge is 0.465 e. The van der Waals surface area contributed by atoms with E-state index in [1.54, 1.807) is 0 Å². The number of unbranched alkanes of at least 4 members (excludes halogenated alkanes) is 2. The lowest BCUT2D eigenvalue weighted by Gasteiger charge is -2.13. The number of nitrogens with zero attached hydrogens (tertiary/aromatic N) is 2. The zero-order valence-electron chi connectivity index (χ0n) is 11.8. The van der Waals surface area contributed by atoms with Crippen LogP contribution in [0.2, 0.25) is 0 Å². The standard InChI is InChI=1S/C14H20N2O4/c1-2-3-4-10-19-13(17)12(7-5-8-15)14(18)20-11-6-9-16/h12H,2-7,10-11H2,1H3. The minimum atomic E-state index is -1.07. The van der Waals surface area contributed by atoms with Crippen molar-refractivity contribution in [2.75, 3.05) is 13.2 Å². The number of ether oxygens (including phenoxy) is 2. The second kappa shape index (κ2) is 12.0. The van der Waals surface area contributed by atoms with E-state index in [0.717, 1.165) is 19.3 Å². The molecular weight excluding hydrogens is 260 g/mol. The highest BCUT2D eigenvalue weighted by atomic mass is 16.6. The summed E-state index contributed by atoms with van der Waals surface area (Å²) in [5.41, 5.74) is 0. The Bertz CT molecular complexity index is 382. The topological polar surface area (TPSA) is 100 Å². The van der Waals surface area contributed by atoms with Crippen LogP contribution in [0.4, 0.5) is 0 Å². The Balaban J connectivity index is 4.31. The lowest BCUT2D eigenvalue weighted by Crippen LogP contribution is -2.28. The molecule has 0 N–H and O–H groups in total. The quantitative estimate of drug-likeness (QED) is 0.345. The fourth-order valence-electron chi connectivity index (χ4n) is 1.46. The number of rotatable bonds is 10. The Morgan fingerprint density at radius 1 is 1.00 bits per heavy atom. The van der Waals surface area contributed by atoms with Crippen LogP contribution in [0.15, 0.2) is 0 Å². The summed E-state index contributed by atoms with van der Waals surface area (Å²) in [4.78, 5) is 23.5. The Kier molecular flexibility index (Phi) is 10.7. The number of carbonyl (C=O) groups excluding carboxylic acids is 2. The van der Waals surface area contributed by atoms with Gasteiger partial charge >= 0.3 is 11.9 Å². The van der Waals surface area contributed by atoms with Gasteiger partial charge in [-0.15, -0.1) is 0 Å². The third kappa shape index (κ3) is 8.10. The van der Waals surface area contributed by atoms with Gasteiger partial charge in [0, 0.05) is 6.42 Å². The second-order valence-corrected chi connectivity index (χ2v) is 4.20. The molecule has 0 aliphatic heterocycles. The van der Waals surface area contributed by atoms with Crippen LogP contribution in [0.3, 0.4) is 0 Å². The highest BCUT2D eigenvalue weighted by Gasteiger charge is 2.29. The van der Waals surface area contributed by atoms with Crippen molar-refractivity contribution in [3.63, 3.8) is 0 Å². The van der Waals surface area contributed by atoms with Crippen molar-refractivity contribution < 1.29 is 19.1 Å². The predicted octanol–water partition coefficient (Wildman–Crippen LogP) is 2.10. The number of esters is 2. The van der Waals surface area contributed by atoms with Crippen LogP contribution in [0, 0.1) is 28.6 Å². The molecule has 0 saturated heterocycles. The van der Waals surface area contributed by atoms with Gasteiger partial charge in [-0.1, -0.05) is 19.8 Å². The molecule has 0 aliphatic carbocycles. The molecule has 0 bridgehead atoms. The van der Waals surface area contributed by atoms with Crippen LogP contribution >= 0.6 is 0 Å². The summed E-state index contributed by atoms with van der Waals surface area (Å²) in [7, 11) is 0. The molecule has 0 aliphatic rings. The summed E-state index contributed by atoms with van der Waals surface area (Å²) in [6.07, 6.45) is 2.92. The maximum Gasteiger partial charge on any atom is 0.320 e. The molecule has 0 aromatic rings. The van der Waals surface area contributed by atoms with Crippen molar-refractivity contribution in [3.05, 3.63) is 0 Å². The molecule has 1 unspecified atom stereocenters. The van der Waals surface area contributed by atoms with Gasteiger partial charge in [0.05, 0.1) is 25.2 Å². The van der Waals surface area contributed by atoms with E-state index in [9.17, 15) is 9.59 Å². The fourth-order valence-corrected chi connectivity index (χ4v) is 1.46. The van der Waals surface area contributed by atoms with E-state index in [1.165, 1.54) is 0 Å². The first-order valence-electron chi connectivity index (χ1n) is 6.74. The van der Waals surface area contributed by atoms with Gasteiger partial charge in [0.2, 0.25) is 0 Å². The predicted molar refractivity (Wildman–Crippen MR) is 70.0 cm³/mol. The number of nitriles is 2. The van der Waals surface area contributed by atoms with E-state index in [4.69, 9.17) is 20.0 Å². The van der Waals surface area contributed by atoms with Crippen molar-refractivity contribution in [1.82, 2.24) is 0 Å². The molecule has 6 heteroatoms. The van der Waals surface area contributed by atoms with Gasteiger partial charge < -0.3 is 9.47 Å². The average molecular weight is 280 g/mol. The van der Waals surface area contributed by atoms with Crippen LogP contribution < -0.4 is 0 Å². The van der Waals surface area contributed by atoms with E-state index < -0.39 is 17.9 Å². The van der Waals surface area contributed by atoms with Gasteiger partial charge in [0.25, 0.3) is 0 Å². The molecule has 1 atom stereocenters. The molecule has 0 saturated carbocycles. The van der Waals surface area contributed by atoms with Crippen molar-refractivity contribution in [2.45, 2.75) is 45.4 Å². The maximum atomic E-state index is 11.8. The van der Waals surface area contributed by atoms with Crippen LogP contribution in [0.25, 0.3) is 0 Å². The SMILES string of the molecule is CCCCCOC(=O)C(CCC#N)C(=O)OCCC#N. The summed E-state index contributed by atoms with van der Waals surface area (Å²) in [6, 6.07) is 3.72. The molecule has 0 rings (SSSR count). The molecule has 0 amide bonds. The first-order valence-corrected chi connectivity index (χ1v) is 6.74. The highest BCUT2D eigenvalue weighted by molar-refractivity contribution is 5.94. The fraction of sp³-hybridized carbons (Fsp3) is 0.714. The molecule has 0 aromatic heterocycles. The van der Waals surface area contributed by atoms with Gasteiger partial charge in [-0.05, 0) is 12.8 Å². The molecule has 0 heterocycles. The first-order chi connectivity index (χ1) is 9.67. The van der Waals surface area contributed by atoms with Crippen molar-refractivity contribution in [1.29, 1.82) is 10.5 Å². The van der Waals surface area contributed by atoms with E-state index in [0.29, 0.717) is 0 Å². The normalized spacial score (nSPS) is 10.9. The van der Waals surface area contributed by atoms with Gasteiger partial charge in [0.1, 0.15) is 6.61 Å². The highest BCUT2D eigenvalue weighted by Crippen LogP contribution is 2.12. The van der Waals surface area contributed by atoms with E-state index in [1.807, 2.05) is 19.1 Å². The maximum absolute atomic E-state index is 11.8. The lowest BCUT2D eigenvalue weighted by atomic mass is 10.0. The Morgan fingerprint density at radius 2 is 1.60 bits per heavy atom. The summed E-state index contributed by atoms with van der Waals surface area (Å²) >= 11 is 0. The minimum absolute atomic E-state index is 0.0541. The van der Waals surface area contributed by atoms with Crippen LogP contribution in [0.5, 0.6) is 0 Å². The van der Waals surface area contributed by atoms with E-state index in [-0.39, 0.29) is 32.5 Å². The lowest BCUT2D eigenvalue weighted by molar-refractivity contribution is -0.162. The Hall–Kier alpha value is -2.08. The average Bonchev–Trinajstić information content (AvgIpc) is 2.44. The third-order valence-corrected chi connectivity index (χ3v) is 2.56. The summed E-state index contributed by atoms with van der Waals surface area (Å²) in [5, 5.41) is 16.9. The van der Waals surface area contributed by atoms with Crippen LogP contribution in [-0.2, 0) is 19.1 Å². The van der Waals surface area contributed by atoms with Gasteiger partial charge in [0.15, 0.2) is 5.92 Å². The molecule has 20 heavy (non-hydrogen) atoms. The van der Waals surface area contributed by atoms with Gasteiger partial charge in [-0.2, -0.15) is 10.5 Å². The van der Waals surface area contributed by atoms with Gasteiger partial charge in [-0.25, -0.2) is 0 Å². The molecule has 0 aromatic carbocycles. The number of hydrogen-bond donors (Lipinski definition) is 0. The van der Waals surface area contributed by atoms with Crippen molar-refractivity contribution in [3.8, 4) is 12.1 Å². The smallest absolute Gasteiger partial charge is 0.320 e. The zero-order chi connectivity index (χ0) is 15.2. The molecule has 0 fully saturated rings. The monoisotopic (exact) mass is 280 g/mol. The van der Waals surface area contributed by atoms with E-state index >= 15 is 0 Å². The van der Waals surface area contributed by atoms with Crippen LogP contribution in [0.1, 0.15) is 45.4 Å². The minimum Gasteiger partial charge on any atom is -0.465 e. The molecule has 110 valence electrons. The number of carbonyl (C=O) groups is 2. The van der Waals surface area contributed by atoms with Crippen molar-refractivity contribution in [2.24, 2.45) is 5.92 Å². The Morgan fingerprint density at radius 3 is 2.15 bits per heavy atom. The van der Waals surface area contributed by atoms with Crippen molar-refractivity contribution >= 4 is 11.9 Å². The summed E-state index contributed by atoms with van der Waals surface area (Å²) in [5.74, 6) is -2.45. The molecule has 6 nitrogen and oxygen atoms in total. The molecular formula is C14H20N2O4. The Labute approximate surface area is 119 Å². The van der Waals surface area contributed by atoms with Crippen LogP contribution in [-0.4, -0.2) is 25.2 Å². The molecule has 0 spiro atoms. The molecule has 0 radical (unpaired) electrons. The summed E-state index contributed by atoms with van der Waals surface area (Å²) in [6.45, 7) is 2.24. The summed E-state index contributed by atoms with van der Waals surface area (Å²) < 4.78 is 9.84. The number of hydrogen-bond acceptors (Lipinski definition) is 6. The first kappa shape index (κ1) is 17.9.